The molecule has 226 valence electrons. The van der Waals surface area contributed by atoms with Gasteiger partial charge in [0.25, 0.3) is 11.8 Å². The second-order valence-corrected chi connectivity index (χ2v) is 10.5. The lowest BCUT2D eigenvalue weighted by Gasteiger charge is -2.08. The van der Waals surface area contributed by atoms with Crippen molar-refractivity contribution in [1.82, 2.24) is 4.90 Å². The molecule has 5 heteroatoms. The zero-order valence-corrected chi connectivity index (χ0v) is 25.8. The molecule has 0 radical (unpaired) electrons. The molecule has 1 aliphatic heterocycles. The van der Waals surface area contributed by atoms with Gasteiger partial charge in [-0.2, -0.15) is 0 Å². The summed E-state index contributed by atoms with van der Waals surface area (Å²) < 4.78 is 11.0. The maximum atomic E-state index is 11.5. The zero-order valence-electron chi connectivity index (χ0n) is 25.8. The van der Waals surface area contributed by atoms with Crippen LogP contribution in [-0.2, 0) is 9.47 Å². The third-order valence-corrected chi connectivity index (χ3v) is 6.99. The second-order valence-electron chi connectivity index (χ2n) is 10.5. The van der Waals surface area contributed by atoms with Gasteiger partial charge in [-0.25, -0.2) is 0 Å². The Kier molecular flexibility index (Phi) is 23.0. The van der Waals surface area contributed by atoms with Crippen LogP contribution in [0.25, 0.3) is 0 Å². The maximum Gasteiger partial charge on any atom is 0.261 e. The molecule has 0 saturated heterocycles. The smallest absolute Gasteiger partial charge is 0.261 e. The van der Waals surface area contributed by atoms with Crippen LogP contribution in [0.4, 0.5) is 0 Å². The summed E-state index contributed by atoms with van der Waals surface area (Å²) in [4.78, 5) is 24.3. The summed E-state index contributed by atoms with van der Waals surface area (Å²) in [5.74, 6) is -0.355. The number of hydrogen-bond donors (Lipinski definition) is 0. The molecule has 0 atom stereocenters. The van der Waals surface area contributed by atoms with Gasteiger partial charge in [0.15, 0.2) is 0 Å². The van der Waals surface area contributed by atoms with Crippen molar-refractivity contribution in [3.8, 4) is 0 Å². The van der Waals surface area contributed by atoms with Crippen molar-refractivity contribution in [2.45, 2.75) is 124 Å². The van der Waals surface area contributed by atoms with Crippen LogP contribution in [-0.4, -0.2) is 43.3 Å². The number of unbranched alkanes of at least 4 members (excludes halogenated alkanes) is 12. The third-order valence-electron chi connectivity index (χ3n) is 6.99. The van der Waals surface area contributed by atoms with E-state index >= 15 is 0 Å². The van der Waals surface area contributed by atoms with Gasteiger partial charge >= 0.3 is 0 Å². The number of fused-ring (bicyclic) bond motifs is 1. The highest BCUT2D eigenvalue weighted by atomic mass is 16.7. The molecule has 0 spiro atoms. The monoisotopic (exact) mass is 555 g/mol. The number of carbonyl (C=O) groups excluding carboxylic acids is 2. The largest absolute Gasteiger partial charge is 0.355 e. The van der Waals surface area contributed by atoms with Gasteiger partial charge in [0.1, 0.15) is 6.79 Å². The fourth-order valence-electron chi connectivity index (χ4n) is 4.53. The summed E-state index contributed by atoms with van der Waals surface area (Å²) in [6.07, 6.45) is 29.8. The molecule has 0 unspecified atom stereocenters. The Morgan fingerprint density at radius 1 is 0.600 bits per heavy atom. The molecule has 1 heterocycles. The van der Waals surface area contributed by atoms with E-state index in [0.29, 0.717) is 24.5 Å². The van der Waals surface area contributed by atoms with Gasteiger partial charge in [-0.15, -0.1) is 0 Å². The van der Waals surface area contributed by atoms with Crippen LogP contribution in [0.3, 0.4) is 0 Å². The molecule has 0 aromatic heterocycles. The van der Waals surface area contributed by atoms with E-state index in [-0.39, 0.29) is 11.8 Å². The average molecular weight is 556 g/mol. The van der Waals surface area contributed by atoms with Crippen molar-refractivity contribution in [1.29, 1.82) is 0 Å². The van der Waals surface area contributed by atoms with Crippen LogP contribution in [0.5, 0.6) is 0 Å². The highest BCUT2D eigenvalue weighted by Crippen LogP contribution is 2.21. The van der Waals surface area contributed by atoms with Gasteiger partial charge in [-0.3, -0.25) is 14.5 Å². The van der Waals surface area contributed by atoms with E-state index in [9.17, 15) is 9.59 Å². The third kappa shape index (κ3) is 16.8. The summed E-state index contributed by atoms with van der Waals surface area (Å²) >= 11 is 0. The fourth-order valence-corrected chi connectivity index (χ4v) is 4.53. The highest BCUT2D eigenvalue weighted by molar-refractivity contribution is 6.21. The first-order valence-corrected chi connectivity index (χ1v) is 16.1. The first-order valence-electron chi connectivity index (χ1n) is 16.1. The first kappa shape index (κ1) is 35.8. The van der Waals surface area contributed by atoms with E-state index in [1.54, 1.807) is 31.2 Å². The van der Waals surface area contributed by atoms with Gasteiger partial charge in [-0.1, -0.05) is 108 Å². The minimum absolute atomic E-state index is 0.178. The van der Waals surface area contributed by atoms with E-state index in [2.05, 4.69) is 38.2 Å². The number of hydrogen-bond acceptors (Lipinski definition) is 4. The van der Waals surface area contributed by atoms with Crippen LogP contribution >= 0.6 is 0 Å². The number of imide groups is 1. The van der Waals surface area contributed by atoms with Gasteiger partial charge < -0.3 is 9.47 Å². The maximum absolute atomic E-state index is 11.5. The van der Waals surface area contributed by atoms with E-state index in [1.165, 1.54) is 101 Å². The minimum Gasteiger partial charge on any atom is -0.355 e. The zero-order chi connectivity index (χ0) is 29.1. The van der Waals surface area contributed by atoms with Crippen molar-refractivity contribution in [2.75, 3.05) is 26.6 Å². The molecule has 2 rings (SSSR count). The lowest BCUT2D eigenvalue weighted by atomic mass is 10.1. The van der Waals surface area contributed by atoms with Crippen molar-refractivity contribution < 1.29 is 19.1 Å². The fraction of sp³-hybridized carbons (Fsp3) is 0.657. The van der Waals surface area contributed by atoms with Gasteiger partial charge in [-0.05, 0) is 64.0 Å². The van der Waals surface area contributed by atoms with Gasteiger partial charge in [0, 0.05) is 19.8 Å². The minimum atomic E-state index is -0.178. The molecular weight excluding hydrogens is 498 g/mol. The molecule has 0 N–H and O–H groups in total. The number of allylic oxidation sites excluding steroid dienone is 4. The van der Waals surface area contributed by atoms with Gasteiger partial charge in [0.2, 0.25) is 0 Å². The summed E-state index contributed by atoms with van der Waals surface area (Å²) in [7, 11) is 0. The Balaban J connectivity index is 0.000000504. The topological polar surface area (TPSA) is 55.8 Å². The summed E-state index contributed by atoms with van der Waals surface area (Å²) in [5.41, 5.74) is 1.05. The molecule has 0 bridgehead atoms. The molecule has 0 aliphatic carbocycles. The van der Waals surface area contributed by atoms with Crippen LogP contribution in [0.2, 0.25) is 0 Å². The number of benzene rings is 1. The van der Waals surface area contributed by atoms with Crippen LogP contribution in [0.1, 0.15) is 144 Å². The molecule has 40 heavy (non-hydrogen) atoms. The van der Waals surface area contributed by atoms with Gasteiger partial charge in [0.05, 0.1) is 11.1 Å². The highest BCUT2D eigenvalue weighted by Gasteiger charge is 2.33. The SMILES string of the molecule is CCCCC/C=C\C/C=C\CCCCCCCCOCOCCCCCC.CCN1C(=O)c2ccccc2C1=O. The van der Waals surface area contributed by atoms with Crippen LogP contribution in [0, 0.1) is 0 Å². The normalized spacial score (nSPS) is 12.9. The molecular formula is C35H57NO4. The number of nitrogens with zero attached hydrogens (tertiary/aromatic N) is 1. The quantitative estimate of drug-likeness (QED) is 0.0584. The van der Waals surface area contributed by atoms with Crippen molar-refractivity contribution >= 4 is 11.8 Å². The number of rotatable bonds is 23. The number of carbonyl (C=O) groups is 2. The summed E-state index contributed by atoms with van der Waals surface area (Å²) in [6.45, 7) is 8.90. The number of amides is 2. The van der Waals surface area contributed by atoms with E-state index < -0.39 is 0 Å². The molecule has 0 fully saturated rings. The molecule has 1 aromatic rings. The predicted molar refractivity (Wildman–Crippen MR) is 168 cm³/mol. The summed E-state index contributed by atoms with van der Waals surface area (Å²) in [6, 6.07) is 6.91. The van der Waals surface area contributed by atoms with Crippen molar-refractivity contribution in [3.63, 3.8) is 0 Å². The predicted octanol–water partition coefficient (Wildman–Crippen LogP) is 9.67. The summed E-state index contributed by atoms with van der Waals surface area (Å²) in [5, 5.41) is 0. The Morgan fingerprint density at radius 2 is 1.05 bits per heavy atom. The number of ether oxygens (including phenoxy) is 2. The van der Waals surface area contributed by atoms with Crippen molar-refractivity contribution in [2.24, 2.45) is 0 Å². The van der Waals surface area contributed by atoms with Crippen molar-refractivity contribution in [3.05, 3.63) is 59.7 Å². The van der Waals surface area contributed by atoms with E-state index in [1.807, 2.05) is 0 Å². The Hall–Kier alpha value is -2.24. The van der Waals surface area contributed by atoms with Crippen LogP contribution in [0.15, 0.2) is 48.6 Å². The lowest BCUT2D eigenvalue weighted by Crippen LogP contribution is -2.29. The van der Waals surface area contributed by atoms with E-state index in [0.717, 1.165) is 19.6 Å². The van der Waals surface area contributed by atoms with E-state index in [4.69, 9.17) is 9.47 Å². The Bertz CT molecular complexity index is 797. The Labute approximate surface area is 245 Å². The molecule has 0 saturated carbocycles. The standard InChI is InChI=1S/C25H48O2.C10H9NO2/c1-3-5-7-9-10-11-12-13-14-15-16-17-18-19-20-22-24-27-25-26-23-21-8-6-4-2;1-2-11-9(12)7-5-3-4-6-8(7)10(11)13/h10-11,13-14H,3-9,12,15-25H2,1-2H3;3-6H,2H2,1H3/b11-10-,14-13-;. The molecule has 1 aromatic carbocycles. The lowest BCUT2D eigenvalue weighted by molar-refractivity contribution is -0.0555. The first-order chi connectivity index (χ1) is 19.7. The average Bonchev–Trinajstić information content (AvgIpc) is 3.22. The molecule has 2 amide bonds. The molecule has 5 nitrogen and oxygen atoms in total. The Morgan fingerprint density at radius 3 is 1.57 bits per heavy atom. The molecule has 1 aliphatic rings. The van der Waals surface area contributed by atoms with Crippen LogP contribution < -0.4 is 0 Å². The second kappa shape index (κ2) is 25.7.